The van der Waals surface area contributed by atoms with Crippen LogP contribution in [0.15, 0.2) is 46.1 Å². The second-order valence-corrected chi connectivity index (χ2v) is 7.93. The molecule has 0 fully saturated rings. The number of pyridine rings is 1. The van der Waals surface area contributed by atoms with E-state index >= 15 is 0 Å². The number of aromatic amines is 1. The maximum absolute atomic E-state index is 12.8. The first-order chi connectivity index (χ1) is 12.2. The molecule has 7 heteroatoms. The third-order valence-corrected chi connectivity index (χ3v) is 5.79. The van der Waals surface area contributed by atoms with Gasteiger partial charge >= 0.3 is 0 Å². The van der Waals surface area contributed by atoms with Gasteiger partial charge in [0, 0.05) is 5.56 Å². The van der Waals surface area contributed by atoms with Crippen molar-refractivity contribution in [3.05, 3.63) is 63.4 Å². The fourth-order valence-electron chi connectivity index (χ4n) is 2.86. The van der Waals surface area contributed by atoms with Gasteiger partial charge in [-0.3, -0.25) is 9.52 Å². The zero-order valence-corrected chi connectivity index (χ0v) is 15.8. The Balaban J connectivity index is 2.02. The Hall–Kier alpha value is -2.80. The average molecular weight is 372 g/mol. The van der Waals surface area contributed by atoms with Gasteiger partial charge in [-0.25, -0.2) is 8.42 Å². The highest BCUT2D eigenvalue weighted by Crippen LogP contribution is 2.27. The Labute approximate surface area is 151 Å². The van der Waals surface area contributed by atoms with Gasteiger partial charge in [-0.15, -0.1) is 0 Å². The molecule has 26 heavy (non-hydrogen) atoms. The number of aromatic nitrogens is 1. The summed E-state index contributed by atoms with van der Waals surface area (Å²) in [5.41, 5.74) is 2.68. The zero-order chi connectivity index (χ0) is 19.1. The lowest BCUT2D eigenvalue weighted by Gasteiger charge is -2.14. The summed E-state index contributed by atoms with van der Waals surface area (Å²) >= 11 is 0. The van der Waals surface area contributed by atoms with Gasteiger partial charge in [-0.1, -0.05) is 6.07 Å². The van der Waals surface area contributed by atoms with Crippen molar-refractivity contribution in [1.29, 1.82) is 0 Å². The van der Waals surface area contributed by atoms with Crippen molar-refractivity contribution < 1.29 is 13.2 Å². The van der Waals surface area contributed by atoms with Crippen LogP contribution in [-0.4, -0.2) is 20.5 Å². The molecular formula is C19H20N2O4S. The van der Waals surface area contributed by atoms with Gasteiger partial charge in [0.2, 0.25) is 0 Å². The number of benzene rings is 2. The number of hydrogen-bond donors (Lipinski definition) is 2. The lowest BCUT2D eigenvalue weighted by molar-refractivity contribution is 0.411. The van der Waals surface area contributed by atoms with E-state index in [1.165, 1.54) is 0 Å². The van der Waals surface area contributed by atoms with Crippen molar-refractivity contribution in [2.24, 2.45) is 0 Å². The van der Waals surface area contributed by atoms with Gasteiger partial charge in [0.25, 0.3) is 15.6 Å². The molecule has 0 aliphatic heterocycles. The highest BCUT2D eigenvalue weighted by Gasteiger charge is 2.19. The highest BCUT2D eigenvalue weighted by atomic mass is 32.2. The molecule has 2 N–H and O–H groups in total. The largest absolute Gasteiger partial charge is 0.496 e. The Kier molecular flexibility index (Phi) is 4.50. The molecule has 0 unspecified atom stereocenters. The van der Waals surface area contributed by atoms with Gasteiger partial charge in [0.15, 0.2) is 0 Å². The number of anilines is 1. The second kappa shape index (κ2) is 6.49. The number of aryl methyl sites for hydroxylation is 3. The van der Waals surface area contributed by atoms with Crippen LogP contribution >= 0.6 is 0 Å². The minimum Gasteiger partial charge on any atom is -0.496 e. The Morgan fingerprint density at radius 1 is 0.962 bits per heavy atom. The molecule has 6 nitrogen and oxygen atoms in total. The molecule has 0 saturated carbocycles. The van der Waals surface area contributed by atoms with E-state index in [0.717, 1.165) is 10.9 Å². The number of methoxy groups -OCH3 is 1. The number of ether oxygens (including phenoxy) is 1. The predicted molar refractivity (Wildman–Crippen MR) is 103 cm³/mol. The average Bonchev–Trinajstić information content (AvgIpc) is 2.57. The summed E-state index contributed by atoms with van der Waals surface area (Å²) in [6.45, 7) is 5.24. The minimum absolute atomic E-state index is 0.188. The molecule has 1 heterocycles. The monoisotopic (exact) mass is 372 g/mol. The molecule has 0 atom stereocenters. The second-order valence-electron chi connectivity index (χ2n) is 6.28. The fraction of sp³-hybridized carbons (Fsp3) is 0.211. The Morgan fingerprint density at radius 2 is 1.69 bits per heavy atom. The minimum atomic E-state index is -3.78. The maximum Gasteiger partial charge on any atom is 0.262 e. The number of nitrogens with one attached hydrogen (secondary N) is 2. The van der Waals surface area contributed by atoms with Crippen molar-refractivity contribution in [3.8, 4) is 5.75 Å². The summed E-state index contributed by atoms with van der Waals surface area (Å²) in [5.74, 6) is 0.639. The van der Waals surface area contributed by atoms with Crippen LogP contribution in [-0.2, 0) is 10.0 Å². The number of H-pyrrole nitrogens is 1. The third kappa shape index (κ3) is 3.30. The molecule has 3 rings (SSSR count). The standard InChI is InChI=1S/C19H20N2O4S/c1-11-9-18(12(2)8-17(11)25-4)26(23,24)21-15-6-5-14-7-13(3)19(22)20-16(14)10-15/h5-10,21H,1-4H3,(H,20,22). The van der Waals surface area contributed by atoms with Gasteiger partial charge < -0.3 is 9.72 Å². The van der Waals surface area contributed by atoms with Crippen LogP contribution in [0.1, 0.15) is 16.7 Å². The van der Waals surface area contributed by atoms with Crippen LogP contribution in [0.3, 0.4) is 0 Å². The number of fused-ring (bicyclic) bond motifs is 1. The Bertz CT molecular complexity index is 1160. The van der Waals surface area contributed by atoms with E-state index in [1.54, 1.807) is 64.3 Å². The third-order valence-electron chi connectivity index (χ3n) is 4.27. The SMILES string of the molecule is COc1cc(C)c(S(=O)(=O)Nc2ccc3cc(C)c(=O)[nH]c3c2)cc1C. The molecule has 0 spiro atoms. The van der Waals surface area contributed by atoms with Crippen LogP contribution in [0.25, 0.3) is 10.9 Å². The fourth-order valence-corrected chi connectivity index (χ4v) is 4.22. The number of sulfonamides is 1. The van der Waals surface area contributed by atoms with Crippen LogP contribution in [0.5, 0.6) is 5.75 Å². The quantitative estimate of drug-likeness (QED) is 0.736. The summed E-state index contributed by atoms with van der Waals surface area (Å²) in [4.78, 5) is 14.7. The molecule has 0 radical (unpaired) electrons. The van der Waals surface area contributed by atoms with Gasteiger partial charge in [0.05, 0.1) is 23.2 Å². The topological polar surface area (TPSA) is 88.3 Å². The lowest BCUT2D eigenvalue weighted by atomic mass is 10.1. The van der Waals surface area contributed by atoms with Crippen LogP contribution in [0.2, 0.25) is 0 Å². The first-order valence-electron chi connectivity index (χ1n) is 8.03. The van der Waals surface area contributed by atoms with Crippen LogP contribution in [0, 0.1) is 20.8 Å². The van der Waals surface area contributed by atoms with Crippen molar-refractivity contribution in [1.82, 2.24) is 4.98 Å². The van der Waals surface area contributed by atoms with E-state index in [0.29, 0.717) is 28.1 Å². The lowest BCUT2D eigenvalue weighted by Crippen LogP contribution is -2.15. The first kappa shape index (κ1) is 18.0. The van der Waals surface area contributed by atoms with E-state index in [4.69, 9.17) is 4.74 Å². The van der Waals surface area contributed by atoms with E-state index in [2.05, 4.69) is 9.71 Å². The molecular weight excluding hydrogens is 352 g/mol. The van der Waals surface area contributed by atoms with E-state index in [1.807, 2.05) is 0 Å². The Morgan fingerprint density at radius 3 is 2.38 bits per heavy atom. The number of rotatable bonds is 4. The number of hydrogen-bond acceptors (Lipinski definition) is 4. The van der Waals surface area contributed by atoms with E-state index < -0.39 is 10.0 Å². The highest BCUT2D eigenvalue weighted by molar-refractivity contribution is 7.92. The molecule has 2 aromatic carbocycles. The molecule has 0 bridgehead atoms. The normalized spacial score (nSPS) is 11.5. The molecule has 0 aliphatic rings. The summed E-state index contributed by atoms with van der Waals surface area (Å²) in [5, 5.41) is 0.835. The summed E-state index contributed by atoms with van der Waals surface area (Å²) in [6, 6.07) is 10.1. The van der Waals surface area contributed by atoms with Crippen LogP contribution < -0.4 is 15.0 Å². The van der Waals surface area contributed by atoms with Crippen LogP contribution in [0.4, 0.5) is 5.69 Å². The maximum atomic E-state index is 12.8. The van der Waals surface area contributed by atoms with Crippen molar-refractivity contribution in [2.45, 2.75) is 25.7 Å². The molecule has 1 aromatic heterocycles. The summed E-state index contributed by atoms with van der Waals surface area (Å²) in [7, 11) is -2.23. The van der Waals surface area contributed by atoms with Crippen molar-refractivity contribution in [2.75, 3.05) is 11.8 Å². The van der Waals surface area contributed by atoms with E-state index in [9.17, 15) is 13.2 Å². The summed E-state index contributed by atoms with van der Waals surface area (Å²) in [6.07, 6.45) is 0. The van der Waals surface area contributed by atoms with Gasteiger partial charge in [0.1, 0.15) is 5.75 Å². The van der Waals surface area contributed by atoms with Gasteiger partial charge in [-0.05, 0) is 67.6 Å². The van der Waals surface area contributed by atoms with Gasteiger partial charge in [-0.2, -0.15) is 0 Å². The molecule has 0 saturated heterocycles. The van der Waals surface area contributed by atoms with Crippen molar-refractivity contribution in [3.63, 3.8) is 0 Å². The predicted octanol–water partition coefficient (Wildman–Crippen LogP) is 3.26. The molecule has 0 amide bonds. The first-order valence-corrected chi connectivity index (χ1v) is 9.51. The van der Waals surface area contributed by atoms with E-state index in [-0.39, 0.29) is 10.5 Å². The molecule has 136 valence electrons. The summed E-state index contributed by atoms with van der Waals surface area (Å²) < 4.78 is 33.4. The van der Waals surface area contributed by atoms with Crippen molar-refractivity contribution >= 4 is 26.6 Å². The molecule has 0 aliphatic carbocycles. The zero-order valence-electron chi connectivity index (χ0n) is 15.0. The molecule has 3 aromatic rings. The smallest absolute Gasteiger partial charge is 0.262 e.